The summed E-state index contributed by atoms with van der Waals surface area (Å²) in [5.41, 5.74) is 5.73. The summed E-state index contributed by atoms with van der Waals surface area (Å²) in [5.74, 6) is 0.835. The van der Waals surface area contributed by atoms with Crippen molar-refractivity contribution in [2.24, 2.45) is 10.7 Å². The van der Waals surface area contributed by atoms with E-state index in [-0.39, 0.29) is 0 Å². The van der Waals surface area contributed by atoms with Crippen LogP contribution in [0, 0.1) is 6.92 Å². The van der Waals surface area contributed by atoms with Crippen LogP contribution in [0.5, 0.6) is 0 Å². The Labute approximate surface area is 101 Å². The lowest BCUT2D eigenvalue weighted by Gasteiger charge is -2.10. The molecule has 1 rings (SSSR count). The van der Waals surface area contributed by atoms with Crippen molar-refractivity contribution in [3.8, 4) is 0 Å². The monoisotopic (exact) mass is 240 g/mol. The molecule has 1 aromatic rings. The van der Waals surface area contributed by atoms with Gasteiger partial charge in [-0.2, -0.15) is 0 Å². The van der Waals surface area contributed by atoms with Gasteiger partial charge in [0.2, 0.25) is 0 Å². The Bertz CT molecular complexity index is 357. The Morgan fingerprint density at radius 2 is 2.25 bits per heavy atom. The molecule has 5 heteroatoms. The fourth-order valence-corrected chi connectivity index (χ4v) is 2.07. The van der Waals surface area contributed by atoms with Gasteiger partial charge in [0.05, 0.1) is 11.6 Å². The van der Waals surface area contributed by atoms with E-state index in [1.54, 1.807) is 11.3 Å². The van der Waals surface area contributed by atoms with E-state index in [1.807, 2.05) is 20.0 Å². The van der Waals surface area contributed by atoms with Crippen molar-refractivity contribution in [1.82, 2.24) is 10.3 Å². The first-order valence-corrected chi connectivity index (χ1v) is 6.29. The van der Waals surface area contributed by atoms with Crippen LogP contribution in [-0.2, 0) is 0 Å². The van der Waals surface area contributed by atoms with Gasteiger partial charge in [-0.3, -0.25) is 4.99 Å². The van der Waals surface area contributed by atoms with E-state index in [0.717, 1.165) is 5.01 Å². The Balaban J connectivity index is 2.49. The third-order valence-corrected chi connectivity index (χ3v) is 3.18. The van der Waals surface area contributed by atoms with Crippen LogP contribution in [0.3, 0.4) is 0 Å². The van der Waals surface area contributed by atoms with Crippen molar-refractivity contribution >= 4 is 17.3 Å². The maximum atomic E-state index is 5.73. The van der Waals surface area contributed by atoms with Crippen molar-refractivity contribution in [2.75, 3.05) is 6.54 Å². The molecule has 1 unspecified atom stereocenters. The van der Waals surface area contributed by atoms with E-state index in [9.17, 15) is 0 Å². The highest BCUT2D eigenvalue weighted by Crippen LogP contribution is 2.20. The third-order valence-electron chi connectivity index (χ3n) is 2.03. The molecule has 1 aromatic heterocycles. The zero-order chi connectivity index (χ0) is 12.1. The molecule has 1 heterocycles. The second-order valence-corrected chi connectivity index (χ2v) is 5.50. The Morgan fingerprint density at radius 1 is 1.56 bits per heavy atom. The number of aromatic nitrogens is 1. The number of nitrogens with two attached hydrogens (primary N) is 1. The Morgan fingerprint density at radius 3 is 2.75 bits per heavy atom. The van der Waals surface area contributed by atoms with Gasteiger partial charge in [-0.25, -0.2) is 4.98 Å². The standard InChI is InChI=1S/C11H20N4S/c1-7(2)15-11(12)14-5-8(3)10-13-6-9(4)16-10/h6-8H,5H2,1-4H3,(H3,12,14,15). The molecule has 4 nitrogen and oxygen atoms in total. The number of nitrogens with zero attached hydrogens (tertiary/aromatic N) is 2. The highest BCUT2D eigenvalue weighted by molar-refractivity contribution is 7.11. The number of hydrogen-bond acceptors (Lipinski definition) is 3. The molecular formula is C11H20N4S. The van der Waals surface area contributed by atoms with Crippen LogP contribution in [0.2, 0.25) is 0 Å². The topological polar surface area (TPSA) is 63.3 Å². The molecule has 0 saturated heterocycles. The summed E-state index contributed by atoms with van der Waals surface area (Å²) >= 11 is 1.72. The second-order valence-electron chi connectivity index (χ2n) is 4.24. The van der Waals surface area contributed by atoms with E-state index in [1.165, 1.54) is 4.88 Å². The predicted octanol–water partition coefficient (Wildman–Crippen LogP) is 1.87. The van der Waals surface area contributed by atoms with Gasteiger partial charge in [0.25, 0.3) is 0 Å². The summed E-state index contributed by atoms with van der Waals surface area (Å²) in [6, 6.07) is 0.321. The highest BCUT2D eigenvalue weighted by Gasteiger charge is 2.08. The van der Waals surface area contributed by atoms with Crippen LogP contribution in [-0.4, -0.2) is 23.5 Å². The quantitative estimate of drug-likeness (QED) is 0.624. The molecule has 0 aromatic carbocycles. The van der Waals surface area contributed by atoms with Crippen molar-refractivity contribution < 1.29 is 0 Å². The fourth-order valence-electron chi connectivity index (χ4n) is 1.25. The smallest absolute Gasteiger partial charge is 0.188 e. The SMILES string of the molecule is Cc1cnc(C(C)CN=C(N)NC(C)C)s1. The number of hydrogen-bond donors (Lipinski definition) is 2. The second kappa shape index (κ2) is 5.84. The molecule has 0 radical (unpaired) electrons. The normalized spacial score (nSPS) is 14.2. The van der Waals surface area contributed by atoms with Crippen LogP contribution in [0.25, 0.3) is 0 Å². The summed E-state index contributed by atoms with van der Waals surface area (Å²) in [6.45, 7) is 8.93. The molecule has 0 bridgehead atoms. The zero-order valence-corrected chi connectivity index (χ0v) is 11.1. The summed E-state index contributed by atoms with van der Waals surface area (Å²) in [5, 5.41) is 4.19. The predicted molar refractivity (Wildman–Crippen MR) is 70.0 cm³/mol. The first-order chi connectivity index (χ1) is 7.49. The largest absolute Gasteiger partial charge is 0.370 e. The number of thiazole rings is 1. The summed E-state index contributed by atoms with van der Waals surface area (Å²) in [7, 11) is 0. The van der Waals surface area contributed by atoms with Crippen LogP contribution < -0.4 is 11.1 Å². The van der Waals surface area contributed by atoms with Gasteiger partial charge in [0.15, 0.2) is 5.96 Å². The van der Waals surface area contributed by atoms with Gasteiger partial charge in [-0.15, -0.1) is 11.3 Å². The molecule has 0 amide bonds. The summed E-state index contributed by atoms with van der Waals surface area (Å²) < 4.78 is 0. The molecule has 0 aliphatic rings. The van der Waals surface area contributed by atoms with Gasteiger partial charge in [-0.1, -0.05) is 6.92 Å². The minimum atomic E-state index is 0.321. The number of aliphatic imine (C=N–C) groups is 1. The maximum Gasteiger partial charge on any atom is 0.188 e. The molecule has 1 atom stereocenters. The molecule has 16 heavy (non-hydrogen) atoms. The van der Waals surface area contributed by atoms with Gasteiger partial charge >= 0.3 is 0 Å². The van der Waals surface area contributed by atoms with Crippen molar-refractivity contribution in [3.63, 3.8) is 0 Å². The number of rotatable bonds is 4. The number of aryl methyl sites for hydroxylation is 1. The molecule has 0 aliphatic carbocycles. The third kappa shape index (κ3) is 4.18. The molecule has 0 aliphatic heterocycles. The van der Waals surface area contributed by atoms with Crippen LogP contribution >= 0.6 is 11.3 Å². The van der Waals surface area contributed by atoms with E-state index in [0.29, 0.717) is 24.5 Å². The zero-order valence-electron chi connectivity index (χ0n) is 10.3. The lowest BCUT2D eigenvalue weighted by Crippen LogP contribution is -2.37. The molecule has 90 valence electrons. The average Bonchev–Trinajstić information content (AvgIpc) is 2.60. The van der Waals surface area contributed by atoms with Crippen molar-refractivity contribution in [1.29, 1.82) is 0 Å². The molecule has 3 N–H and O–H groups in total. The van der Waals surface area contributed by atoms with E-state index in [4.69, 9.17) is 5.73 Å². The van der Waals surface area contributed by atoms with Gasteiger partial charge in [0, 0.05) is 23.0 Å². The lowest BCUT2D eigenvalue weighted by atomic mass is 10.2. The van der Waals surface area contributed by atoms with Crippen LogP contribution in [0.15, 0.2) is 11.2 Å². The van der Waals surface area contributed by atoms with Crippen molar-refractivity contribution in [2.45, 2.75) is 39.7 Å². The molecular weight excluding hydrogens is 220 g/mol. The first kappa shape index (κ1) is 13.0. The van der Waals surface area contributed by atoms with Gasteiger partial charge in [0.1, 0.15) is 0 Å². The number of nitrogens with one attached hydrogen (secondary N) is 1. The first-order valence-electron chi connectivity index (χ1n) is 5.47. The van der Waals surface area contributed by atoms with Crippen LogP contribution in [0.4, 0.5) is 0 Å². The average molecular weight is 240 g/mol. The minimum Gasteiger partial charge on any atom is -0.370 e. The highest BCUT2D eigenvalue weighted by atomic mass is 32.1. The summed E-state index contributed by atoms with van der Waals surface area (Å²) in [4.78, 5) is 9.88. The molecule has 0 spiro atoms. The molecule has 0 saturated carbocycles. The fraction of sp³-hybridized carbons (Fsp3) is 0.636. The summed E-state index contributed by atoms with van der Waals surface area (Å²) in [6.07, 6.45) is 1.90. The Kier molecular flexibility index (Phi) is 4.73. The van der Waals surface area contributed by atoms with Gasteiger partial charge < -0.3 is 11.1 Å². The van der Waals surface area contributed by atoms with Crippen LogP contribution in [0.1, 0.15) is 36.6 Å². The minimum absolute atomic E-state index is 0.321. The lowest BCUT2D eigenvalue weighted by molar-refractivity contribution is 0.710. The van der Waals surface area contributed by atoms with E-state index in [2.05, 4.69) is 29.1 Å². The van der Waals surface area contributed by atoms with E-state index < -0.39 is 0 Å². The van der Waals surface area contributed by atoms with Crippen molar-refractivity contribution in [3.05, 3.63) is 16.1 Å². The number of guanidine groups is 1. The maximum absolute atomic E-state index is 5.73. The van der Waals surface area contributed by atoms with E-state index >= 15 is 0 Å². The van der Waals surface area contributed by atoms with Gasteiger partial charge in [-0.05, 0) is 20.8 Å². The Hall–Kier alpha value is -1.10. The molecule has 0 fully saturated rings.